The van der Waals surface area contributed by atoms with Gasteiger partial charge in [0.1, 0.15) is 23.8 Å². The van der Waals surface area contributed by atoms with Gasteiger partial charge in [-0.15, -0.1) is 11.3 Å². The van der Waals surface area contributed by atoms with E-state index < -0.39 is 0 Å². The number of aromatic nitrogens is 1. The number of anilines is 1. The summed E-state index contributed by atoms with van der Waals surface area (Å²) in [6.07, 6.45) is 1.17. The van der Waals surface area contributed by atoms with E-state index in [0.29, 0.717) is 18.2 Å². The first-order chi connectivity index (χ1) is 16.2. The van der Waals surface area contributed by atoms with Gasteiger partial charge in [0.25, 0.3) is 5.91 Å². The number of carbonyl (C=O) groups excluding carboxylic acids is 1. The fourth-order valence-electron chi connectivity index (χ4n) is 4.09. The topological polar surface area (TPSA) is 64.5 Å². The predicted molar refractivity (Wildman–Crippen MR) is 132 cm³/mol. The molecule has 0 radical (unpaired) electrons. The number of aryl methyl sites for hydroxylation is 1. The summed E-state index contributed by atoms with van der Waals surface area (Å²) in [6, 6.07) is 19.4. The molecule has 2 aromatic carbocycles. The van der Waals surface area contributed by atoms with E-state index in [9.17, 15) is 4.79 Å². The van der Waals surface area contributed by atoms with Gasteiger partial charge in [0.05, 0.1) is 16.8 Å². The highest BCUT2D eigenvalue weighted by Crippen LogP contribution is 2.26. The number of carbonyl (C=O) groups is 1. The van der Waals surface area contributed by atoms with E-state index in [1.807, 2.05) is 77.7 Å². The van der Waals surface area contributed by atoms with Crippen LogP contribution in [-0.2, 0) is 13.7 Å². The smallest absolute Gasteiger partial charge is 0.272 e. The largest absolute Gasteiger partial charge is 0.493 e. The molecule has 33 heavy (non-hydrogen) atoms. The molecule has 1 amide bonds. The minimum Gasteiger partial charge on any atom is -0.493 e. The van der Waals surface area contributed by atoms with Gasteiger partial charge in [-0.05, 0) is 60.8 Å². The SMILES string of the molecule is Cn1c(C(=O)Nc2ccccc2COc2ccc(OCC3CCNC3)cc2)cc2sccc21. The van der Waals surface area contributed by atoms with Crippen LogP contribution in [0.2, 0.25) is 0 Å². The molecule has 1 unspecified atom stereocenters. The number of nitrogens with one attached hydrogen (secondary N) is 2. The van der Waals surface area contributed by atoms with Crippen molar-refractivity contribution in [3.05, 3.63) is 77.3 Å². The Kier molecular flexibility index (Phi) is 6.32. The number of para-hydroxylation sites is 1. The second-order valence-corrected chi connectivity index (χ2v) is 9.25. The van der Waals surface area contributed by atoms with Crippen molar-refractivity contribution >= 4 is 33.1 Å². The van der Waals surface area contributed by atoms with Gasteiger partial charge in [-0.25, -0.2) is 0 Å². The molecule has 0 saturated carbocycles. The van der Waals surface area contributed by atoms with E-state index in [4.69, 9.17) is 9.47 Å². The van der Waals surface area contributed by atoms with Gasteiger partial charge >= 0.3 is 0 Å². The van der Waals surface area contributed by atoms with Crippen LogP contribution in [0.5, 0.6) is 11.5 Å². The Morgan fingerprint density at radius 3 is 2.67 bits per heavy atom. The maximum Gasteiger partial charge on any atom is 0.272 e. The Morgan fingerprint density at radius 1 is 1.12 bits per heavy atom. The zero-order valence-corrected chi connectivity index (χ0v) is 19.4. The number of thiophene rings is 1. The Morgan fingerprint density at radius 2 is 1.91 bits per heavy atom. The fraction of sp³-hybridized carbons (Fsp3) is 0.269. The summed E-state index contributed by atoms with van der Waals surface area (Å²) < 4.78 is 14.9. The fourth-order valence-corrected chi connectivity index (χ4v) is 4.94. The quantitative estimate of drug-likeness (QED) is 0.385. The second kappa shape index (κ2) is 9.68. The number of nitrogens with zero attached hydrogens (tertiary/aromatic N) is 1. The van der Waals surface area contributed by atoms with Gasteiger partial charge in [-0.3, -0.25) is 4.79 Å². The molecule has 0 aliphatic carbocycles. The van der Waals surface area contributed by atoms with E-state index in [1.165, 1.54) is 6.42 Å². The van der Waals surface area contributed by atoms with Crippen LogP contribution in [0.1, 0.15) is 22.5 Å². The third-order valence-corrected chi connectivity index (χ3v) is 6.88. The number of hydrogen-bond acceptors (Lipinski definition) is 5. The van der Waals surface area contributed by atoms with Crippen molar-refractivity contribution in [2.45, 2.75) is 13.0 Å². The Balaban J connectivity index is 1.20. The zero-order chi connectivity index (χ0) is 22.6. The van der Waals surface area contributed by atoms with Crippen molar-refractivity contribution < 1.29 is 14.3 Å². The monoisotopic (exact) mass is 461 g/mol. The minimum atomic E-state index is -0.132. The van der Waals surface area contributed by atoms with Crippen molar-refractivity contribution in [2.75, 3.05) is 25.0 Å². The van der Waals surface area contributed by atoms with Crippen LogP contribution in [0.3, 0.4) is 0 Å². The maximum atomic E-state index is 12.9. The van der Waals surface area contributed by atoms with Crippen LogP contribution in [0.4, 0.5) is 5.69 Å². The second-order valence-electron chi connectivity index (χ2n) is 8.30. The molecule has 1 aliphatic heterocycles. The molecular formula is C26H27N3O3S. The third-order valence-electron chi connectivity index (χ3n) is 6.03. The molecule has 0 spiro atoms. The lowest BCUT2D eigenvalue weighted by molar-refractivity contribution is 0.101. The first-order valence-electron chi connectivity index (χ1n) is 11.2. The van der Waals surface area contributed by atoms with Crippen LogP contribution in [-0.4, -0.2) is 30.2 Å². The Labute approximate surface area is 197 Å². The van der Waals surface area contributed by atoms with Crippen molar-refractivity contribution in [1.29, 1.82) is 0 Å². The molecule has 1 atom stereocenters. The first-order valence-corrected chi connectivity index (χ1v) is 12.0. The molecule has 2 aromatic heterocycles. The summed E-state index contributed by atoms with van der Waals surface area (Å²) in [5.41, 5.74) is 3.36. The van der Waals surface area contributed by atoms with Crippen molar-refractivity contribution in [2.24, 2.45) is 13.0 Å². The lowest BCUT2D eigenvalue weighted by Crippen LogP contribution is -2.17. The normalized spacial score (nSPS) is 15.6. The summed E-state index contributed by atoms with van der Waals surface area (Å²) in [7, 11) is 1.91. The van der Waals surface area contributed by atoms with Crippen LogP contribution >= 0.6 is 11.3 Å². The average Bonchev–Trinajstić information content (AvgIpc) is 3.58. The lowest BCUT2D eigenvalue weighted by atomic mass is 10.1. The van der Waals surface area contributed by atoms with Gasteiger partial charge in [0, 0.05) is 30.8 Å². The molecule has 170 valence electrons. The third kappa shape index (κ3) is 4.89. The van der Waals surface area contributed by atoms with Crippen molar-refractivity contribution in [3.63, 3.8) is 0 Å². The highest BCUT2D eigenvalue weighted by atomic mass is 32.1. The van der Waals surface area contributed by atoms with Crippen LogP contribution in [0, 0.1) is 5.92 Å². The number of fused-ring (bicyclic) bond motifs is 1. The maximum absolute atomic E-state index is 12.9. The lowest BCUT2D eigenvalue weighted by Gasteiger charge is -2.14. The summed E-state index contributed by atoms with van der Waals surface area (Å²) in [5.74, 6) is 2.06. The molecule has 7 heteroatoms. The molecule has 1 aliphatic rings. The average molecular weight is 462 g/mol. The molecule has 0 bridgehead atoms. The molecular weight excluding hydrogens is 434 g/mol. The number of hydrogen-bond donors (Lipinski definition) is 2. The predicted octanol–water partition coefficient (Wildman–Crippen LogP) is 5.06. The van der Waals surface area contributed by atoms with Crippen molar-refractivity contribution in [1.82, 2.24) is 9.88 Å². The summed E-state index contributed by atoms with van der Waals surface area (Å²) in [4.78, 5) is 12.9. The number of rotatable bonds is 8. The van der Waals surface area contributed by atoms with Gasteiger partial charge in [0.2, 0.25) is 0 Å². The Bertz CT molecular complexity index is 1240. The molecule has 5 rings (SSSR count). The van der Waals surface area contributed by atoms with Crippen LogP contribution < -0.4 is 20.1 Å². The molecule has 6 nitrogen and oxygen atoms in total. The van der Waals surface area contributed by atoms with Gasteiger partial charge < -0.3 is 24.7 Å². The molecule has 2 N–H and O–H groups in total. The standard InChI is InChI=1S/C26H27N3O3S/c1-29-23-11-13-33-25(23)14-24(29)26(30)28-22-5-3-2-4-19(22)17-32-21-8-6-20(7-9-21)31-16-18-10-12-27-15-18/h2-9,11,13-14,18,27H,10,12,15-17H2,1H3,(H,28,30). The van der Waals surface area contributed by atoms with Gasteiger partial charge in [-0.1, -0.05) is 18.2 Å². The van der Waals surface area contributed by atoms with E-state index in [0.717, 1.165) is 52.7 Å². The number of amides is 1. The van der Waals surface area contributed by atoms with Gasteiger partial charge in [0.15, 0.2) is 0 Å². The zero-order valence-electron chi connectivity index (χ0n) is 18.5. The van der Waals surface area contributed by atoms with E-state index in [1.54, 1.807) is 11.3 Å². The van der Waals surface area contributed by atoms with Crippen molar-refractivity contribution in [3.8, 4) is 11.5 Å². The van der Waals surface area contributed by atoms with E-state index in [2.05, 4.69) is 10.6 Å². The summed E-state index contributed by atoms with van der Waals surface area (Å²) in [5, 5.41) is 8.44. The highest BCUT2D eigenvalue weighted by Gasteiger charge is 2.16. The first kappa shape index (κ1) is 21.6. The molecule has 1 fully saturated rings. The molecule has 1 saturated heterocycles. The summed E-state index contributed by atoms with van der Waals surface area (Å²) >= 11 is 1.63. The van der Waals surface area contributed by atoms with Crippen LogP contribution in [0.15, 0.2) is 66.0 Å². The number of benzene rings is 2. The summed E-state index contributed by atoms with van der Waals surface area (Å²) in [6.45, 7) is 3.19. The molecule has 4 aromatic rings. The minimum absolute atomic E-state index is 0.132. The Hall–Kier alpha value is -3.29. The number of ether oxygens (including phenoxy) is 2. The van der Waals surface area contributed by atoms with E-state index >= 15 is 0 Å². The molecule has 3 heterocycles. The van der Waals surface area contributed by atoms with Gasteiger partial charge in [-0.2, -0.15) is 0 Å². The van der Waals surface area contributed by atoms with Crippen LogP contribution in [0.25, 0.3) is 10.2 Å². The highest BCUT2D eigenvalue weighted by molar-refractivity contribution is 7.17. The van der Waals surface area contributed by atoms with E-state index in [-0.39, 0.29) is 5.91 Å².